The fraction of sp³-hybridized carbons (Fsp3) is 0.265. The molecule has 9 nitrogen and oxygen atoms in total. The van der Waals surface area contributed by atoms with E-state index >= 15 is 0 Å². The van der Waals surface area contributed by atoms with Crippen LogP contribution in [-0.2, 0) is 31.0 Å². The second-order valence-corrected chi connectivity index (χ2v) is 10.6. The predicted molar refractivity (Wildman–Crippen MR) is 160 cm³/mol. The summed E-state index contributed by atoms with van der Waals surface area (Å²) in [5, 5.41) is 9.38. The summed E-state index contributed by atoms with van der Waals surface area (Å²) in [5.41, 5.74) is 7.56. The van der Waals surface area contributed by atoms with Crippen molar-refractivity contribution < 1.29 is 28.8 Å². The molecule has 0 bridgehead atoms. The summed E-state index contributed by atoms with van der Waals surface area (Å²) in [4.78, 5) is 20.9. The van der Waals surface area contributed by atoms with E-state index in [-0.39, 0.29) is 13.2 Å². The molecule has 1 N–H and O–H groups in total. The quantitative estimate of drug-likeness (QED) is 0.243. The molecule has 0 spiro atoms. The standard InChI is InChI=1S/C34H31N3O6/c1-22-26(4-3-5-29(22)24-6-7-31-33(14-24)41-11-10-40-31)21-43-32-15-28(42-20-23-12-27(35-2)17-36-16-23)13-25-8-9-37(18-30(25)32)19-34(38)39/h3-7,12-17H,8-11,18-21H2,1H3,(H,38,39). The molecule has 1 aromatic heterocycles. The Labute approximate surface area is 250 Å². The van der Waals surface area contributed by atoms with Gasteiger partial charge in [-0.25, -0.2) is 4.85 Å². The first-order valence-electron chi connectivity index (χ1n) is 14.1. The predicted octanol–water partition coefficient (Wildman–Crippen LogP) is 5.98. The van der Waals surface area contributed by atoms with Gasteiger partial charge in [0, 0.05) is 37.1 Å². The fourth-order valence-electron chi connectivity index (χ4n) is 5.50. The maximum Gasteiger partial charge on any atom is 0.317 e. The highest BCUT2D eigenvalue weighted by Crippen LogP contribution is 2.37. The van der Waals surface area contributed by atoms with Gasteiger partial charge in [0.2, 0.25) is 5.69 Å². The van der Waals surface area contributed by atoms with Crippen LogP contribution in [0.1, 0.15) is 27.8 Å². The number of ether oxygens (including phenoxy) is 4. The van der Waals surface area contributed by atoms with Gasteiger partial charge in [-0.15, -0.1) is 0 Å². The Morgan fingerprint density at radius 1 is 1.05 bits per heavy atom. The molecule has 218 valence electrons. The van der Waals surface area contributed by atoms with Crippen LogP contribution in [0.25, 0.3) is 16.0 Å². The zero-order valence-electron chi connectivity index (χ0n) is 23.8. The number of benzene rings is 3. The first-order chi connectivity index (χ1) is 21.0. The lowest BCUT2D eigenvalue weighted by Gasteiger charge is -2.29. The van der Waals surface area contributed by atoms with E-state index in [2.05, 4.69) is 28.9 Å². The number of aliphatic carboxylic acids is 1. The molecule has 0 aliphatic carbocycles. The summed E-state index contributed by atoms with van der Waals surface area (Å²) >= 11 is 0. The van der Waals surface area contributed by atoms with Crippen molar-refractivity contribution in [3.05, 3.63) is 106 Å². The van der Waals surface area contributed by atoms with Crippen LogP contribution in [0.15, 0.2) is 67.0 Å². The molecule has 0 amide bonds. The normalized spacial score (nSPS) is 14.0. The van der Waals surface area contributed by atoms with Gasteiger partial charge in [0.1, 0.15) is 37.9 Å². The lowest BCUT2D eigenvalue weighted by Crippen LogP contribution is -2.35. The van der Waals surface area contributed by atoms with Crippen molar-refractivity contribution in [2.45, 2.75) is 33.1 Å². The second-order valence-electron chi connectivity index (χ2n) is 10.6. The van der Waals surface area contributed by atoms with Crippen LogP contribution < -0.4 is 18.9 Å². The molecule has 0 saturated carbocycles. The van der Waals surface area contributed by atoms with Crippen LogP contribution in [0.2, 0.25) is 0 Å². The highest BCUT2D eigenvalue weighted by atomic mass is 16.6. The van der Waals surface area contributed by atoms with Crippen LogP contribution in [0.4, 0.5) is 5.69 Å². The Bertz CT molecular complexity index is 1710. The third-order valence-corrected chi connectivity index (χ3v) is 7.71. The number of carbonyl (C=O) groups is 1. The van der Waals surface area contributed by atoms with E-state index in [9.17, 15) is 9.90 Å². The lowest BCUT2D eigenvalue weighted by molar-refractivity contribution is -0.138. The number of carboxylic acid groups (broad SMARTS) is 1. The highest BCUT2D eigenvalue weighted by Gasteiger charge is 2.23. The lowest BCUT2D eigenvalue weighted by atomic mass is 9.96. The molecule has 3 aromatic carbocycles. The van der Waals surface area contributed by atoms with Gasteiger partial charge in [-0.2, -0.15) is 0 Å². The summed E-state index contributed by atoms with van der Waals surface area (Å²) in [7, 11) is 0. The number of aromatic nitrogens is 1. The summed E-state index contributed by atoms with van der Waals surface area (Å²) in [6.45, 7) is 12.1. The fourth-order valence-corrected chi connectivity index (χ4v) is 5.50. The van der Waals surface area contributed by atoms with Crippen molar-refractivity contribution >= 4 is 11.7 Å². The zero-order chi connectivity index (χ0) is 29.8. The third-order valence-electron chi connectivity index (χ3n) is 7.71. The molecule has 0 radical (unpaired) electrons. The van der Waals surface area contributed by atoms with Crippen LogP contribution in [0.5, 0.6) is 23.0 Å². The molecule has 0 unspecified atom stereocenters. The second kappa shape index (κ2) is 12.4. The molecule has 6 rings (SSSR count). The van der Waals surface area contributed by atoms with Gasteiger partial charge in [-0.1, -0.05) is 24.3 Å². The van der Waals surface area contributed by atoms with E-state index in [1.807, 2.05) is 41.3 Å². The van der Waals surface area contributed by atoms with Crippen molar-refractivity contribution in [1.82, 2.24) is 9.88 Å². The van der Waals surface area contributed by atoms with Crippen molar-refractivity contribution in [3.63, 3.8) is 0 Å². The van der Waals surface area contributed by atoms with Gasteiger partial charge < -0.3 is 24.1 Å². The maximum absolute atomic E-state index is 11.4. The summed E-state index contributed by atoms with van der Waals surface area (Å²) in [6.07, 6.45) is 3.89. The van der Waals surface area contributed by atoms with Crippen molar-refractivity contribution in [2.24, 2.45) is 0 Å². The van der Waals surface area contributed by atoms with E-state index in [4.69, 9.17) is 25.5 Å². The van der Waals surface area contributed by atoms with Crippen LogP contribution in [-0.4, -0.2) is 47.3 Å². The number of carboxylic acids is 1. The van der Waals surface area contributed by atoms with Crippen molar-refractivity contribution in [2.75, 3.05) is 26.3 Å². The van der Waals surface area contributed by atoms with Gasteiger partial charge >= 0.3 is 5.97 Å². The van der Waals surface area contributed by atoms with E-state index in [1.165, 1.54) is 6.20 Å². The van der Waals surface area contributed by atoms with E-state index in [0.717, 1.165) is 50.4 Å². The van der Waals surface area contributed by atoms with Gasteiger partial charge in [0.15, 0.2) is 11.5 Å². The molecule has 2 aliphatic rings. The molecule has 0 saturated heterocycles. The molecule has 0 atom stereocenters. The maximum atomic E-state index is 11.4. The molecule has 3 heterocycles. The number of pyridine rings is 1. The molecular weight excluding hydrogens is 546 g/mol. The van der Waals surface area contributed by atoms with Crippen molar-refractivity contribution in [1.29, 1.82) is 0 Å². The average molecular weight is 578 g/mol. The molecule has 2 aliphatic heterocycles. The minimum atomic E-state index is -0.854. The smallest absolute Gasteiger partial charge is 0.317 e. The molecule has 4 aromatic rings. The Hall–Kier alpha value is -5.07. The summed E-state index contributed by atoms with van der Waals surface area (Å²) in [6, 6.07) is 17.8. The van der Waals surface area contributed by atoms with Gasteiger partial charge in [-0.05, 0) is 71.0 Å². The van der Waals surface area contributed by atoms with Gasteiger partial charge in [0.25, 0.3) is 0 Å². The first-order valence-corrected chi connectivity index (χ1v) is 14.1. The zero-order valence-corrected chi connectivity index (χ0v) is 23.8. The molecule has 0 fully saturated rings. The number of nitrogens with zero attached hydrogens (tertiary/aromatic N) is 3. The topological polar surface area (TPSA) is 94.7 Å². The summed E-state index contributed by atoms with van der Waals surface area (Å²) in [5.74, 6) is 1.96. The summed E-state index contributed by atoms with van der Waals surface area (Å²) < 4.78 is 24.1. The Kier molecular flexibility index (Phi) is 8.11. The largest absolute Gasteiger partial charge is 0.489 e. The minimum absolute atomic E-state index is 0.0296. The van der Waals surface area contributed by atoms with Crippen molar-refractivity contribution in [3.8, 4) is 34.1 Å². The van der Waals surface area contributed by atoms with Gasteiger partial charge in [-0.3, -0.25) is 14.7 Å². The molecular formula is C34H31N3O6. The molecule has 43 heavy (non-hydrogen) atoms. The Morgan fingerprint density at radius 3 is 2.74 bits per heavy atom. The van der Waals surface area contributed by atoms with Crippen LogP contribution in [0.3, 0.4) is 0 Å². The Balaban J connectivity index is 1.26. The van der Waals surface area contributed by atoms with E-state index in [0.29, 0.717) is 56.5 Å². The number of fused-ring (bicyclic) bond motifs is 2. The average Bonchev–Trinajstić information content (AvgIpc) is 3.03. The van der Waals surface area contributed by atoms with E-state index < -0.39 is 5.97 Å². The van der Waals surface area contributed by atoms with Crippen LogP contribution in [0, 0.1) is 13.5 Å². The van der Waals surface area contributed by atoms with Gasteiger partial charge in [0.05, 0.1) is 13.1 Å². The van der Waals surface area contributed by atoms with Crippen LogP contribution >= 0.6 is 0 Å². The highest BCUT2D eigenvalue weighted by molar-refractivity contribution is 5.71. The SMILES string of the molecule is [C-]#[N+]c1cncc(COc2cc3c(c(OCc4cccc(-c5ccc6c(c5)OCCO6)c4C)c2)CN(CC(=O)O)CC3)c1. The number of rotatable bonds is 9. The monoisotopic (exact) mass is 577 g/mol. The third kappa shape index (κ3) is 6.40. The minimum Gasteiger partial charge on any atom is -0.489 e. The molecule has 9 heteroatoms. The van der Waals surface area contributed by atoms with E-state index in [1.54, 1.807) is 12.3 Å². The Morgan fingerprint density at radius 2 is 1.91 bits per heavy atom. The first kappa shape index (κ1) is 28.1. The number of hydrogen-bond donors (Lipinski definition) is 1. The number of hydrogen-bond acceptors (Lipinski definition) is 7.